The summed E-state index contributed by atoms with van der Waals surface area (Å²) in [6.45, 7) is 1.44. The minimum Gasteiger partial charge on any atom is -0.494 e. The van der Waals surface area contributed by atoms with Gasteiger partial charge in [0.15, 0.2) is 6.61 Å². The Kier molecular flexibility index (Phi) is 8.75. The zero-order chi connectivity index (χ0) is 24.8. The van der Waals surface area contributed by atoms with Gasteiger partial charge in [0, 0.05) is 5.69 Å². The molecular weight excluding hydrogens is 596 g/mol. The molecule has 1 aliphatic heterocycles. The molecule has 2 aromatic rings. The number of benzene rings is 2. The molecule has 2 aromatic carbocycles. The molecule has 1 heterocycles. The Morgan fingerprint density at radius 1 is 1.12 bits per heavy atom. The molecule has 0 unspecified atom stereocenters. The lowest BCUT2D eigenvalue weighted by Crippen LogP contribution is -2.36. The number of rotatable bonds is 9. The van der Waals surface area contributed by atoms with E-state index in [4.69, 9.17) is 14.6 Å². The summed E-state index contributed by atoms with van der Waals surface area (Å²) in [4.78, 5) is 49.2. The van der Waals surface area contributed by atoms with Crippen LogP contribution in [0, 0.1) is 0 Å². The van der Waals surface area contributed by atoms with E-state index in [0.29, 0.717) is 38.3 Å². The van der Waals surface area contributed by atoms with E-state index in [1.54, 1.807) is 36.4 Å². The predicted octanol–water partition coefficient (Wildman–Crippen LogP) is 4.75. The fraction of sp³-hybridized carbons (Fsp3) is 0.182. The van der Waals surface area contributed by atoms with Gasteiger partial charge in [0.2, 0.25) is 5.91 Å². The third-order valence-electron chi connectivity index (χ3n) is 4.28. The molecule has 3 rings (SSSR count). The number of carboxylic acids is 1. The van der Waals surface area contributed by atoms with Crippen LogP contribution in [-0.4, -0.2) is 52.8 Å². The maximum absolute atomic E-state index is 12.7. The number of nitrogens with zero attached hydrogens (tertiary/aromatic N) is 1. The second-order valence-corrected chi connectivity index (χ2v) is 9.47. The zero-order valence-corrected chi connectivity index (χ0v) is 21.7. The molecule has 0 spiro atoms. The molecule has 12 heteroatoms. The van der Waals surface area contributed by atoms with E-state index in [1.165, 1.54) is 6.08 Å². The van der Waals surface area contributed by atoms with Crippen LogP contribution in [0.1, 0.15) is 12.5 Å². The Bertz CT molecular complexity index is 1150. The molecule has 0 atom stereocenters. The molecule has 0 aromatic heterocycles. The van der Waals surface area contributed by atoms with Crippen molar-refractivity contribution in [1.29, 1.82) is 0 Å². The SMILES string of the molecule is CCOc1ccc(NC(=O)CN2C(=O)S/C(=C/c3cc(Br)c(OCC(=O)O)c(Br)c3)C2=O)cc1. The lowest BCUT2D eigenvalue weighted by atomic mass is 10.2. The monoisotopic (exact) mass is 612 g/mol. The normalized spacial score (nSPS) is 14.4. The molecule has 3 amide bonds. The number of nitrogens with one attached hydrogen (secondary N) is 1. The van der Waals surface area contributed by atoms with Crippen molar-refractivity contribution in [2.75, 3.05) is 25.1 Å². The van der Waals surface area contributed by atoms with Crippen LogP contribution in [0.5, 0.6) is 11.5 Å². The highest BCUT2D eigenvalue weighted by atomic mass is 79.9. The number of carboxylic acid groups (broad SMARTS) is 1. The van der Waals surface area contributed by atoms with Gasteiger partial charge in [0.1, 0.15) is 18.0 Å². The first-order chi connectivity index (χ1) is 16.2. The predicted molar refractivity (Wildman–Crippen MR) is 134 cm³/mol. The summed E-state index contributed by atoms with van der Waals surface area (Å²) in [5, 5.41) is 10.9. The Hall–Kier alpha value is -2.83. The molecule has 0 saturated carbocycles. The lowest BCUT2D eigenvalue weighted by Gasteiger charge is -2.13. The molecule has 1 saturated heterocycles. The fourth-order valence-corrected chi connectivity index (χ4v) is 5.16. The zero-order valence-electron chi connectivity index (χ0n) is 17.7. The number of carbonyl (C=O) groups excluding carboxylic acids is 3. The second kappa shape index (κ2) is 11.5. The van der Waals surface area contributed by atoms with Crippen LogP contribution in [0.4, 0.5) is 10.5 Å². The molecule has 0 aliphatic carbocycles. The van der Waals surface area contributed by atoms with Crippen molar-refractivity contribution in [2.45, 2.75) is 6.92 Å². The topological polar surface area (TPSA) is 122 Å². The quantitative estimate of drug-likeness (QED) is 0.389. The highest BCUT2D eigenvalue weighted by molar-refractivity contribution is 9.11. The third kappa shape index (κ3) is 6.61. The first-order valence-corrected chi connectivity index (χ1v) is 12.2. The third-order valence-corrected chi connectivity index (χ3v) is 6.37. The maximum Gasteiger partial charge on any atom is 0.341 e. The van der Waals surface area contributed by atoms with E-state index >= 15 is 0 Å². The summed E-state index contributed by atoms with van der Waals surface area (Å²) >= 11 is 7.34. The van der Waals surface area contributed by atoms with E-state index in [2.05, 4.69) is 37.2 Å². The van der Waals surface area contributed by atoms with Crippen LogP contribution in [0.15, 0.2) is 50.2 Å². The van der Waals surface area contributed by atoms with Crippen molar-refractivity contribution in [3.63, 3.8) is 0 Å². The second-order valence-electron chi connectivity index (χ2n) is 6.77. The number of ether oxygens (including phenoxy) is 2. The standard InChI is InChI=1S/C22H18Br2N2O7S/c1-2-32-14-5-3-13(4-6-14)25-18(27)10-26-21(30)17(34-22(26)31)9-12-7-15(23)20(16(24)8-12)33-11-19(28)29/h3-9H,2,10-11H2,1H3,(H,25,27)(H,28,29)/b17-9+. The Morgan fingerprint density at radius 3 is 2.35 bits per heavy atom. The van der Waals surface area contributed by atoms with Crippen molar-refractivity contribution in [1.82, 2.24) is 4.90 Å². The van der Waals surface area contributed by atoms with Gasteiger partial charge in [-0.1, -0.05) is 0 Å². The first-order valence-electron chi connectivity index (χ1n) is 9.79. The Balaban J connectivity index is 1.68. The molecule has 9 nitrogen and oxygen atoms in total. The van der Waals surface area contributed by atoms with Crippen molar-refractivity contribution >= 4 is 78.4 Å². The summed E-state index contributed by atoms with van der Waals surface area (Å²) in [5.41, 5.74) is 1.07. The average molecular weight is 614 g/mol. The summed E-state index contributed by atoms with van der Waals surface area (Å²) in [7, 11) is 0. The van der Waals surface area contributed by atoms with Crippen molar-refractivity contribution in [3.05, 3.63) is 55.8 Å². The van der Waals surface area contributed by atoms with E-state index in [-0.39, 0.29) is 4.91 Å². The van der Waals surface area contributed by atoms with Gasteiger partial charge < -0.3 is 19.9 Å². The average Bonchev–Trinajstić information content (AvgIpc) is 3.02. The Morgan fingerprint density at radius 2 is 1.76 bits per heavy atom. The fourth-order valence-electron chi connectivity index (χ4n) is 2.87. The van der Waals surface area contributed by atoms with Crippen LogP contribution in [0.25, 0.3) is 6.08 Å². The van der Waals surface area contributed by atoms with Crippen molar-refractivity contribution in [2.24, 2.45) is 0 Å². The van der Waals surface area contributed by atoms with Crippen LogP contribution in [0.3, 0.4) is 0 Å². The first kappa shape index (κ1) is 25.8. The number of aliphatic carboxylic acids is 1. The summed E-state index contributed by atoms with van der Waals surface area (Å²) in [6, 6.07) is 9.97. The molecule has 34 heavy (non-hydrogen) atoms. The largest absolute Gasteiger partial charge is 0.494 e. The number of imide groups is 1. The number of anilines is 1. The van der Waals surface area contributed by atoms with E-state index in [1.807, 2.05) is 6.92 Å². The molecule has 2 N–H and O–H groups in total. The summed E-state index contributed by atoms with van der Waals surface area (Å²) < 4.78 is 11.5. The smallest absolute Gasteiger partial charge is 0.341 e. The van der Waals surface area contributed by atoms with Crippen LogP contribution < -0.4 is 14.8 Å². The minimum atomic E-state index is -1.12. The van der Waals surface area contributed by atoms with Gasteiger partial charge in [0.25, 0.3) is 11.1 Å². The maximum atomic E-state index is 12.7. The number of carbonyl (C=O) groups is 4. The highest BCUT2D eigenvalue weighted by Gasteiger charge is 2.36. The van der Waals surface area contributed by atoms with E-state index in [0.717, 1.165) is 16.7 Å². The molecule has 1 aliphatic rings. The molecular formula is C22H18Br2N2O7S. The highest BCUT2D eigenvalue weighted by Crippen LogP contribution is 2.37. The number of hydrogen-bond donors (Lipinski definition) is 2. The van der Waals surface area contributed by atoms with E-state index in [9.17, 15) is 19.2 Å². The number of halogens is 2. The van der Waals surface area contributed by atoms with Gasteiger partial charge in [0.05, 0.1) is 20.5 Å². The Labute approximate surface area is 215 Å². The van der Waals surface area contributed by atoms with Crippen LogP contribution in [-0.2, 0) is 14.4 Å². The molecule has 178 valence electrons. The molecule has 0 radical (unpaired) electrons. The number of amides is 3. The van der Waals surface area contributed by atoms with E-state index < -0.39 is 36.2 Å². The van der Waals surface area contributed by atoms with Gasteiger partial charge in [-0.2, -0.15) is 0 Å². The van der Waals surface area contributed by atoms with Gasteiger partial charge >= 0.3 is 5.97 Å². The summed E-state index contributed by atoms with van der Waals surface area (Å²) in [5.74, 6) is -1.27. The number of hydrogen-bond acceptors (Lipinski definition) is 7. The minimum absolute atomic E-state index is 0.150. The van der Waals surface area contributed by atoms with Gasteiger partial charge in [-0.05, 0) is 98.6 Å². The van der Waals surface area contributed by atoms with Gasteiger partial charge in [-0.3, -0.25) is 19.3 Å². The molecule has 1 fully saturated rings. The van der Waals surface area contributed by atoms with Crippen molar-refractivity contribution < 1.29 is 33.8 Å². The summed E-state index contributed by atoms with van der Waals surface area (Å²) in [6.07, 6.45) is 1.51. The lowest BCUT2D eigenvalue weighted by molar-refractivity contribution is -0.139. The number of thioether (sulfide) groups is 1. The van der Waals surface area contributed by atoms with Gasteiger partial charge in [-0.25, -0.2) is 4.79 Å². The van der Waals surface area contributed by atoms with Crippen LogP contribution >= 0.6 is 43.6 Å². The van der Waals surface area contributed by atoms with Crippen LogP contribution in [0.2, 0.25) is 0 Å². The van der Waals surface area contributed by atoms with Gasteiger partial charge in [-0.15, -0.1) is 0 Å². The van der Waals surface area contributed by atoms with Crippen molar-refractivity contribution in [3.8, 4) is 11.5 Å². The molecule has 0 bridgehead atoms.